The number of aromatic nitrogens is 1. The van der Waals surface area contributed by atoms with Gasteiger partial charge in [-0.25, -0.2) is 4.79 Å². The van der Waals surface area contributed by atoms with E-state index in [0.29, 0.717) is 5.58 Å². The lowest BCUT2D eigenvalue weighted by Gasteiger charge is -1.98. The summed E-state index contributed by atoms with van der Waals surface area (Å²) in [6.45, 7) is 2.05. The third-order valence-electron chi connectivity index (χ3n) is 3.47. The zero-order valence-corrected chi connectivity index (χ0v) is 12.1. The maximum absolute atomic E-state index is 12.2. The Bertz CT molecular complexity index is 915. The summed E-state index contributed by atoms with van der Waals surface area (Å²) in [5, 5.41) is 0.729. The lowest BCUT2D eigenvalue weighted by Crippen LogP contribution is -2.11. The second-order valence-corrected chi connectivity index (χ2v) is 4.98. The van der Waals surface area contributed by atoms with Gasteiger partial charge in [0.05, 0.1) is 0 Å². The highest BCUT2D eigenvalue weighted by Gasteiger charge is 2.11. The summed E-state index contributed by atoms with van der Waals surface area (Å²) in [5.41, 5.74) is 1.82. The first-order valence-corrected chi connectivity index (χ1v) is 7.10. The molecule has 2 aromatic heterocycles. The number of benzene rings is 1. The number of H-pyrrole nitrogens is 1. The second-order valence-electron chi connectivity index (χ2n) is 4.98. The van der Waals surface area contributed by atoms with Crippen molar-refractivity contribution in [3.8, 4) is 0 Å². The lowest BCUT2D eigenvalue weighted by atomic mass is 10.1. The second kappa shape index (κ2) is 5.85. The Labute approximate surface area is 127 Å². The van der Waals surface area contributed by atoms with Crippen molar-refractivity contribution in [1.82, 2.24) is 4.98 Å². The van der Waals surface area contributed by atoms with Crippen LogP contribution in [-0.2, 0) is 6.42 Å². The molecule has 0 bridgehead atoms. The predicted octanol–water partition coefficient (Wildman–Crippen LogP) is 3.58. The maximum Gasteiger partial charge on any atom is 0.347 e. The van der Waals surface area contributed by atoms with Crippen LogP contribution in [-0.4, -0.2) is 10.8 Å². The number of aromatic amines is 1. The summed E-state index contributed by atoms with van der Waals surface area (Å²) < 4.78 is 5.17. The van der Waals surface area contributed by atoms with E-state index in [0.717, 1.165) is 23.2 Å². The number of hydrogen-bond donors (Lipinski definition) is 1. The van der Waals surface area contributed by atoms with Gasteiger partial charge in [-0.15, -0.1) is 0 Å². The molecule has 1 aromatic carbocycles. The monoisotopic (exact) mass is 293 g/mol. The van der Waals surface area contributed by atoms with Crippen LogP contribution in [0.15, 0.2) is 57.8 Å². The van der Waals surface area contributed by atoms with Gasteiger partial charge in [0.25, 0.3) is 0 Å². The summed E-state index contributed by atoms with van der Waals surface area (Å²) in [5.74, 6) is -0.368. The Hall–Kier alpha value is -2.88. The molecule has 0 atom stereocenters. The number of rotatable bonds is 4. The zero-order valence-electron chi connectivity index (χ0n) is 12.1. The van der Waals surface area contributed by atoms with E-state index >= 15 is 0 Å². The van der Waals surface area contributed by atoms with Crippen molar-refractivity contribution in [2.75, 3.05) is 0 Å². The highest BCUT2D eigenvalue weighted by Crippen LogP contribution is 2.13. The molecule has 0 saturated carbocycles. The number of hydrogen-bond acceptors (Lipinski definition) is 3. The van der Waals surface area contributed by atoms with Gasteiger partial charge in [0.15, 0.2) is 5.78 Å². The van der Waals surface area contributed by atoms with Gasteiger partial charge in [0.2, 0.25) is 0 Å². The van der Waals surface area contributed by atoms with Crippen LogP contribution in [0.1, 0.15) is 28.7 Å². The number of fused-ring (bicyclic) bond motifs is 1. The molecular formula is C18H15NO3. The molecule has 0 aliphatic rings. The number of para-hydroxylation sites is 1. The predicted molar refractivity (Wildman–Crippen MR) is 86.0 cm³/mol. The maximum atomic E-state index is 12.2. The largest absolute Gasteiger partial charge is 0.422 e. The smallest absolute Gasteiger partial charge is 0.347 e. The van der Waals surface area contributed by atoms with Crippen molar-refractivity contribution in [3.63, 3.8) is 0 Å². The molecular weight excluding hydrogens is 278 g/mol. The molecule has 2 heterocycles. The van der Waals surface area contributed by atoms with E-state index in [9.17, 15) is 9.59 Å². The fraction of sp³-hybridized carbons (Fsp3) is 0.111. The minimum Gasteiger partial charge on any atom is -0.422 e. The first kappa shape index (κ1) is 14.1. The molecule has 0 aliphatic carbocycles. The summed E-state index contributed by atoms with van der Waals surface area (Å²) in [4.78, 5) is 27.3. The molecule has 0 radical (unpaired) electrons. The number of nitrogens with one attached hydrogen (secondary N) is 1. The molecule has 0 amide bonds. The summed E-state index contributed by atoms with van der Waals surface area (Å²) in [6, 6.07) is 12.5. The van der Waals surface area contributed by atoms with Crippen LogP contribution in [0.2, 0.25) is 0 Å². The number of ketones is 1. The molecule has 0 unspecified atom stereocenters. The van der Waals surface area contributed by atoms with Gasteiger partial charge in [-0.1, -0.05) is 25.1 Å². The first-order valence-electron chi connectivity index (χ1n) is 7.10. The summed E-state index contributed by atoms with van der Waals surface area (Å²) in [7, 11) is 0. The van der Waals surface area contributed by atoms with Gasteiger partial charge in [0, 0.05) is 16.8 Å². The lowest BCUT2D eigenvalue weighted by molar-refractivity contribution is 0.104. The van der Waals surface area contributed by atoms with Crippen LogP contribution in [0.4, 0.5) is 0 Å². The molecule has 4 heteroatoms. The van der Waals surface area contributed by atoms with Gasteiger partial charge < -0.3 is 9.40 Å². The molecule has 3 rings (SSSR count). The fourth-order valence-electron chi connectivity index (χ4n) is 2.25. The highest BCUT2D eigenvalue weighted by atomic mass is 16.4. The fourth-order valence-corrected chi connectivity index (χ4v) is 2.25. The third kappa shape index (κ3) is 2.76. The Balaban J connectivity index is 1.91. The van der Waals surface area contributed by atoms with Crippen LogP contribution in [0.3, 0.4) is 0 Å². The van der Waals surface area contributed by atoms with Crippen LogP contribution in [0.25, 0.3) is 17.0 Å². The minimum absolute atomic E-state index is 0.0391. The van der Waals surface area contributed by atoms with Gasteiger partial charge in [-0.3, -0.25) is 4.79 Å². The molecule has 0 spiro atoms. The average Bonchev–Trinajstić information content (AvgIpc) is 3.00. The molecule has 1 N–H and O–H groups in total. The normalized spacial score (nSPS) is 11.3. The molecule has 0 fully saturated rings. The SMILES string of the molecule is CCc1ccc(/C=C/C(=O)c2cc3ccccc3oc2=O)[nH]1. The molecule has 0 saturated heterocycles. The standard InChI is InChI=1S/C18H15NO3/c1-2-13-7-8-14(19-13)9-10-16(20)15-11-12-5-3-4-6-17(12)22-18(15)21/h3-11,19H,2H2,1H3/b10-9+. The Morgan fingerprint density at radius 1 is 1.23 bits per heavy atom. The van der Waals surface area contributed by atoms with Gasteiger partial charge in [-0.05, 0) is 42.8 Å². The van der Waals surface area contributed by atoms with Crippen molar-refractivity contribution in [2.45, 2.75) is 13.3 Å². The van der Waals surface area contributed by atoms with Gasteiger partial charge in [0.1, 0.15) is 11.1 Å². The van der Waals surface area contributed by atoms with Crippen LogP contribution >= 0.6 is 0 Å². The number of carbonyl (C=O) groups excluding carboxylic acids is 1. The van der Waals surface area contributed by atoms with E-state index in [1.807, 2.05) is 25.1 Å². The van der Waals surface area contributed by atoms with Crippen molar-refractivity contribution in [2.24, 2.45) is 0 Å². The number of aryl methyl sites for hydroxylation is 1. The van der Waals surface area contributed by atoms with E-state index in [1.165, 1.54) is 6.08 Å². The van der Waals surface area contributed by atoms with Gasteiger partial charge >= 0.3 is 5.63 Å². The number of carbonyl (C=O) groups is 1. The minimum atomic E-state index is -0.617. The molecule has 3 aromatic rings. The summed E-state index contributed by atoms with van der Waals surface area (Å²) >= 11 is 0. The first-order chi connectivity index (χ1) is 10.7. The third-order valence-corrected chi connectivity index (χ3v) is 3.47. The van der Waals surface area contributed by atoms with Crippen molar-refractivity contribution >= 4 is 22.8 Å². The molecule has 4 nitrogen and oxygen atoms in total. The Morgan fingerprint density at radius 2 is 2.05 bits per heavy atom. The van der Waals surface area contributed by atoms with E-state index in [1.54, 1.807) is 30.3 Å². The van der Waals surface area contributed by atoms with Crippen LogP contribution in [0, 0.1) is 0 Å². The molecule has 0 aliphatic heterocycles. The van der Waals surface area contributed by atoms with Crippen LogP contribution < -0.4 is 5.63 Å². The van der Waals surface area contributed by atoms with Crippen LogP contribution in [0.5, 0.6) is 0 Å². The Kier molecular flexibility index (Phi) is 3.74. The Morgan fingerprint density at radius 3 is 2.82 bits per heavy atom. The van der Waals surface area contributed by atoms with Crippen molar-refractivity contribution < 1.29 is 9.21 Å². The van der Waals surface area contributed by atoms with Crippen molar-refractivity contribution in [3.05, 3.63) is 75.9 Å². The quantitative estimate of drug-likeness (QED) is 0.454. The van der Waals surface area contributed by atoms with E-state index < -0.39 is 5.63 Å². The van der Waals surface area contributed by atoms with E-state index in [2.05, 4.69) is 4.98 Å². The molecule has 110 valence electrons. The molecule has 22 heavy (non-hydrogen) atoms. The van der Waals surface area contributed by atoms with Crippen molar-refractivity contribution in [1.29, 1.82) is 0 Å². The number of allylic oxidation sites excluding steroid dienone is 1. The highest BCUT2D eigenvalue weighted by molar-refractivity contribution is 6.07. The average molecular weight is 293 g/mol. The topological polar surface area (TPSA) is 63.1 Å². The van der Waals surface area contributed by atoms with Gasteiger partial charge in [-0.2, -0.15) is 0 Å². The summed E-state index contributed by atoms with van der Waals surface area (Å²) in [6.07, 6.45) is 3.94. The zero-order chi connectivity index (χ0) is 15.5. The van der Waals surface area contributed by atoms with E-state index in [4.69, 9.17) is 4.42 Å². The van der Waals surface area contributed by atoms with E-state index in [-0.39, 0.29) is 11.3 Å².